The van der Waals surface area contributed by atoms with Crippen LogP contribution in [0.5, 0.6) is 0 Å². The lowest BCUT2D eigenvalue weighted by Crippen LogP contribution is -2.17. The minimum atomic E-state index is -0.220. The molecular weight excluding hydrogens is 574 g/mol. The van der Waals surface area contributed by atoms with Crippen molar-refractivity contribution in [2.24, 2.45) is 0 Å². The molecule has 5 nitrogen and oxygen atoms in total. The molecule has 0 amide bonds. The number of hydrogen-bond donors (Lipinski definition) is 0. The average Bonchev–Trinajstić information content (AvgIpc) is 3.72. The second-order valence-corrected chi connectivity index (χ2v) is 12.9. The normalized spacial score (nSPS) is 13.5. The molecule has 222 valence electrons. The quantitative estimate of drug-likeness (QED) is 0.202. The SMILES string of the molecule is CC1(C)c2ccccc2-c2ccc3c4ccccc4n(-c4nc(-c5ccccc5)nc(-n5c6ccccc6c6ccccc65)n4)c3c21. The standard InChI is InChI=1S/C42H29N5/c1-42(2)33-20-10-6-16-27(33)31-24-25-32-30-19-9-13-23-36(30)47(38(32)37(31)42)41-44-39(26-14-4-3-5-15-26)43-40(45-41)46-34-21-11-7-17-28(34)29-18-8-12-22-35(29)46/h3-25H,1-2H3. The van der Waals surface area contributed by atoms with Gasteiger partial charge in [-0.3, -0.25) is 9.13 Å². The molecule has 47 heavy (non-hydrogen) atoms. The van der Waals surface area contributed by atoms with Crippen LogP contribution in [0.3, 0.4) is 0 Å². The Balaban J connectivity index is 1.36. The van der Waals surface area contributed by atoms with Gasteiger partial charge in [0, 0.05) is 32.5 Å². The largest absolute Gasteiger partial charge is 0.278 e. The average molecular weight is 604 g/mol. The fraction of sp³-hybridized carbons (Fsp3) is 0.0714. The number of benzene rings is 6. The highest BCUT2D eigenvalue weighted by molar-refractivity contribution is 6.13. The fourth-order valence-corrected chi connectivity index (χ4v) is 7.93. The third kappa shape index (κ3) is 3.57. The number of aromatic nitrogens is 5. The lowest BCUT2D eigenvalue weighted by atomic mass is 9.81. The van der Waals surface area contributed by atoms with E-state index in [0.717, 1.165) is 27.6 Å². The number of nitrogens with zero attached hydrogens (tertiary/aromatic N) is 5. The molecule has 0 atom stereocenters. The predicted octanol–water partition coefficient (Wildman–Crippen LogP) is 10.0. The molecule has 5 heteroatoms. The van der Waals surface area contributed by atoms with E-state index in [9.17, 15) is 0 Å². The van der Waals surface area contributed by atoms with Crippen LogP contribution in [0.2, 0.25) is 0 Å². The van der Waals surface area contributed by atoms with E-state index in [1.54, 1.807) is 0 Å². The van der Waals surface area contributed by atoms with Gasteiger partial charge in [-0.25, -0.2) is 0 Å². The zero-order valence-corrected chi connectivity index (χ0v) is 26.0. The third-order valence-corrected chi connectivity index (χ3v) is 9.98. The molecular formula is C42H29N5. The van der Waals surface area contributed by atoms with Crippen LogP contribution in [0, 0.1) is 0 Å². The minimum absolute atomic E-state index is 0.220. The number of hydrogen-bond acceptors (Lipinski definition) is 3. The molecule has 10 rings (SSSR count). The maximum Gasteiger partial charge on any atom is 0.240 e. The van der Waals surface area contributed by atoms with Gasteiger partial charge in [0.05, 0.1) is 22.1 Å². The molecule has 0 saturated carbocycles. The monoisotopic (exact) mass is 603 g/mol. The molecule has 0 N–H and O–H groups in total. The first kappa shape index (κ1) is 26.2. The Hall–Kier alpha value is -6.07. The van der Waals surface area contributed by atoms with E-state index in [4.69, 9.17) is 15.0 Å². The third-order valence-electron chi connectivity index (χ3n) is 9.98. The van der Waals surface area contributed by atoms with Crippen LogP contribution in [-0.4, -0.2) is 24.1 Å². The van der Waals surface area contributed by atoms with Crippen molar-refractivity contribution in [3.8, 4) is 34.4 Å². The van der Waals surface area contributed by atoms with Crippen LogP contribution in [0.1, 0.15) is 25.0 Å². The first-order valence-corrected chi connectivity index (χ1v) is 16.1. The van der Waals surface area contributed by atoms with Gasteiger partial charge in [0.25, 0.3) is 0 Å². The summed E-state index contributed by atoms with van der Waals surface area (Å²) in [5.74, 6) is 1.82. The van der Waals surface area contributed by atoms with Crippen molar-refractivity contribution in [3.05, 3.63) is 151 Å². The number of para-hydroxylation sites is 3. The molecule has 0 fully saturated rings. The van der Waals surface area contributed by atoms with Crippen molar-refractivity contribution in [2.75, 3.05) is 0 Å². The molecule has 6 aromatic carbocycles. The van der Waals surface area contributed by atoms with Crippen molar-refractivity contribution < 1.29 is 0 Å². The van der Waals surface area contributed by atoms with Gasteiger partial charge < -0.3 is 0 Å². The maximum absolute atomic E-state index is 5.37. The summed E-state index contributed by atoms with van der Waals surface area (Å²) in [6.45, 7) is 4.68. The molecule has 1 aliphatic carbocycles. The van der Waals surface area contributed by atoms with Gasteiger partial charge in [0.15, 0.2) is 5.82 Å². The maximum atomic E-state index is 5.37. The zero-order chi connectivity index (χ0) is 31.3. The fourth-order valence-electron chi connectivity index (χ4n) is 7.93. The summed E-state index contributed by atoms with van der Waals surface area (Å²) in [4.78, 5) is 15.8. The van der Waals surface area contributed by atoms with Crippen molar-refractivity contribution >= 4 is 43.6 Å². The number of fused-ring (bicyclic) bond motifs is 10. The van der Waals surface area contributed by atoms with E-state index in [1.165, 1.54) is 43.8 Å². The van der Waals surface area contributed by atoms with E-state index >= 15 is 0 Å². The summed E-state index contributed by atoms with van der Waals surface area (Å²) in [6.07, 6.45) is 0. The topological polar surface area (TPSA) is 48.5 Å². The van der Waals surface area contributed by atoms with E-state index in [2.05, 4.69) is 144 Å². The van der Waals surface area contributed by atoms with Crippen LogP contribution in [0.25, 0.3) is 78.0 Å². The first-order valence-electron chi connectivity index (χ1n) is 16.1. The summed E-state index contributed by atoms with van der Waals surface area (Å²) < 4.78 is 4.46. The second-order valence-electron chi connectivity index (χ2n) is 12.9. The van der Waals surface area contributed by atoms with E-state index in [1.807, 2.05) is 18.2 Å². The van der Waals surface area contributed by atoms with E-state index in [0.29, 0.717) is 17.7 Å². The smallest absolute Gasteiger partial charge is 0.240 e. The van der Waals surface area contributed by atoms with Gasteiger partial charge in [0.2, 0.25) is 11.9 Å². The lowest BCUT2D eigenvalue weighted by Gasteiger charge is -2.23. The molecule has 0 saturated heterocycles. The van der Waals surface area contributed by atoms with Crippen LogP contribution in [-0.2, 0) is 5.41 Å². The van der Waals surface area contributed by atoms with Crippen LogP contribution in [0.15, 0.2) is 140 Å². The van der Waals surface area contributed by atoms with Crippen molar-refractivity contribution in [2.45, 2.75) is 19.3 Å². The molecule has 3 heterocycles. The Morgan fingerprint density at radius 1 is 0.447 bits per heavy atom. The van der Waals surface area contributed by atoms with Crippen molar-refractivity contribution in [1.82, 2.24) is 24.1 Å². The Bertz CT molecular complexity index is 2660. The minimum Gasteiger partial charge on any atom is -0.278 e. The van der Waals surface area contributed by atoms with Gasteiger partial charge in [0.1, 0.15) is 0 Å². The summed E-state index contributed by atoms with van der Waals surface area (Å²) in [5, 5.41) is 4.71. The Labute approximate surface area is 271 Å². The summed E-state index contributed by atoms with van der Waals surface area (Å²) in [6, 6.07) is 49.2. The molecule has 0 bridgehead atoms. The van der Waals surface area contributed by atoms with Crippen molar-refractivity contribution in [3.63, 3.8) is 0 Å². The predicted molar refractivity (Wildman–Crippen MR) is 192 cm³/mol. The Morgan fingerprint density at radius 2 is 0.979 bits per heavy atom. The lowest BCUT2D eigenvalue weighted by molar-refractivity contribution is 0.663. The zero-order valence-electron chi connectivity index (χ0n) is 26.0. The Morgan fingerprint density at radius 3 is 1.66 bits per heavy atom. The highest BCUT2D eigenvalue weighted by atomic mass is 15.3. The van der Waals surface area contributed by atoms with E-state index < -0.39 is 0 Å². The molecule has 0 aliphatic heterocycles. The molecule has 0 radical (unpaired) electrons. The van der Waals surface area contributed by atoms with Gasteiger partial charge in [-0.1, -0.05) is 135 Å². The van der Waals surface area contributed by atoms with Crippen LogP contribution in [0.4, 0.5) is 0 Å². The highest BCUT2D eigenvalue weighted by Crippen LogP contribution is 2.52. The summed E-state index contributed by atoms with van der Waals surface area (Å²) >= 11 is 0. The molecule has 0 unspecified atom stereocenters. The van der Waals surface area contributed by atoms with Crippen LogP contribution >= 0.6 is 0 Å². The van der Waals surface area contributed by atoms with Gasteiger partial charge in [-0.15, -0.1) is 0 Å². The summed E-state index contributed by atoms with van der Waals surface area (Å²) in [5.41, 5.74) is 10.2. The molecule has 0 spiro atoms. The van der Waals surface area contributed by atoms with Gasteiger partial charge in [-0.05, 0) is 40.5 Å². The molecule has 9 aromatic rings. The summed E-state index contributed by atoms with van der Waals surface area (Å²) in [7, 11) is 0. The first-order chi connectivity index (χ1) is 23.1. The molecule has 1 aliphatic rings. The van der Waals surface area contributed by atoms with Gasteiger partial charge >= 0.3 is 0 Å². The van der Waals surface area contributed by atoms with E-state index in [-0.39, 0.29) is 5.41 Å². The highest BCUT2D eigenvalue weighted by Gasteiger charge is 2.38. The second kappa shape index (κ2) is 9.47. The van der Waals surface area contributed by atoms with Crippen LogP contribution < -0.4 is 0 Å². The van der Waals surface area contributed by atoms with Gasteiger partial charge in [-0.2, -0.15) is 15.0 Å². The molecule has 3 aromatic heterocycles. The Kier molecular flexibility index (Phi) is 5.28. The number of rotatable bonds is 3. The van der Waals surface area contributed by atoms with Crippen molar-refractivity contribution in [1.29, 1.82) is 0 Å².